The first-order valence-corrected chi connectivity index (χ1v) is 9.94. The smallest absolute Gasteiger partial charge is 0.324 e. The van der Waals surface area contributed by atoms with Crippen LogP contribution in [0.3, 0.4) is 0 Å². The molecule has 0 saturated carbocycles. The number of non-ortho nitro benzene ring substituents is 1. The number of hydrogen-bond acceptors (Lipinski definition) is 6. The average Bonchev–Trinajstić information content (AvgIpc) is 2.67. The lowest BCUT2D eigenvalue weighted by molar-refractivity contribution is -0.384. The molecule has 0 aliphatic heterocycles. The lowest BCUT2D eigenvalue weighted by atomic mass is 10.1. The molecule has 0 unspecified atom stereocenters. The number of sulfonamides is 1. The SMILES string of the molecule is COC(=O)[C@H](C(C)C)N(C)S(=O)(=O)c1ccc(-c2ccc([N+](=O)[O-])cc2)cc1. The van der Waals surface area contributed by atoms with Crippen molar-refractivity contribution in [2.75, 3.05) is 14.2 Å². The molecule has 0 aliphatic rings. The quantitative estimate of drug-likeness (QED) is 0.397. The highest BCUT2D eigenvalue weighted by atomic mass is 32.2. The molecule has 8 nitrogen and oxygen atoms in total. The summed E-state index contributed by atoms with van der Waals surface area (Å²) >= 11 is 0. The van der Waals surface area contributed by atoms with Gasteiger partial charge < -0.3 is 4.74 Å². The van der Waals surface area contributed by atoms with E-state index >= 15 is 0 Å². The first-order chi connectivity index (χ1) is 13.1. The van der Waals surface area contributed by atoms with Crippen molar-refractivity contribution in [2.24, 2.45) is 5.92 Å². The zero-order valence-corrected chi connectivity index (χ0v) is 16.8. The van der Waals surface area contributed by atoms with Crippen molar-refractivity contribution in [3.8, 4) is 11.1 Å². The monoisotopic (exact) mass is 406 g/mol. The number of ether oxygens (including phenoxy) is 1. The van der Waals surface area contributed by atoms with E-state index in [1.807, 2.05) is 0 Å². The van der Waals surface area contributed by atoms with Crippen LogP contribution < -0.4 is 0 Å². The Kier molecular flexibility index (Phi) is 6.52. The first-order valence-electron chi connectivity index (χ1n) is 8.50. The third kappa shape index (κ3) is 4.37. The molecule has 9 heteroatoms. The Labute approximate surface area is 163 Å². The van der Waals surface area contributed by atoms with Crippen molar-refractivity contribution in [3.63, 3.8) is 0 Å². The molecule has 0 aliphatic carbocycles. The summed E-state index contributed by atoms with van der Waals surface area (Å²) in [5.41, 5.74) is 1.41. The number of nitrogens with zero attached hydrogens (tertiary/aromatic N) is 2. The minimum Gasteiger partial charge on any atom is -0.468 e. The summed E-state index contributed by atoms with van der Waals surface area (Å²) in [5, 5.41) is 10.7. The van der Waals surface area contributed by atoms with Gasteiger partial charge in [-0.25, -0.2) is 8.42 Å². The fourth-order valence-corrected chi connectivity index (χ4v) is 4.31. The Morgan fingerprint density at radius 2 is 1.50 bits per heavy atom. The third-order valence-corrected chi connectivity index (χ3v) is 6.26. The summed E-state index contributed by atoms with van der Waals surface area (Å²) in [7, 11) is -1.34. The van der Waals surface area contributed by atoms with E-state index in [9.17, 15) is 23.3 Å². The number of carbonyl (C=O) groups is 1. The molecule has 0 saturated heterocycles. The molecule has 1 atom stereocenters. The predicted molar refractivity (Wildman–Crippen MR) is 104 cm³/mol. The summed E-state index contributed by atoms with van der Waals surface area (Å²) in [6.45, 7) is 3.48. The Bertz CT molecular complexity index is 953. The summed E-state index contributed by atoms with van der Waals surface area (Å²) in [5.74, 6) is -0.893. The van der Waals surface area contributed by atoms with Gasteiger partial charge in [-0.05, 0) is 41.3 Å². The second-order valence-electron chi connectivity index (χ2n) is 6.56. The van der Waals surface area contributed by atoms with Crippen molar-refractivity contribution in [3.05, 3.63) is 58.6 Å². The Hall–Kier alpha value is -2.78. The number of rotatable bonds is 7. The van der Waals surface area contributed by atoms with E-state index in [1.165, 1.54) is 38.4 Å². The Morgan fingerprint density at radius 1 is 1.04 bits per heavy atom. The highest BCUT2D eigenvalue weighted by molar-refractivity contribution is 7.89. The van der Waals surface area contributed by atoms with Crippen molar-refractivity contribution in [1.29, 1.82) is 0 Å². The summed E-state index contributed by atoms with van der Waals surface area (Å²) in [4.78, 5) is 22.3. The highest BCUT2D eigenvalue weighted by Gasteiger charge is 2.35. The number of nitro groups is 1. The molecule has 0 spiro atoms. The van der Waals surface area contributed by atoms with Gasteiger partial charge in [0.1, 0.15) is 6.04 Å². The van der Waals surface area contributed by atoms with Crippen molar-refractivity contribution < 1.29 is 22.9 Å². The van der Waals surface area contributed by atoms with Crippen LogP contribution in [0.2, 0.25) is 0 Å². The standard InChI is InChI=1S/C19H22N2O6S/c1-13(2)18(19(22)27-4)20(3)28(25,26)17-11-7-15(8-12-17)14-5-9-16(10-6-14)21(23)24/h5-13,18H,1-4H3/t18-/m0/s1. The van der Waals surface area contributed by atoms with Gasteiger partial charge in [-0.15, -0.1) is 0 Å². The number of carbonyl (C=O) groups excluding carboxylic acids is 1. The molecule has 0 bridgehead atoms. The van der Waals surface area contributed by atoms with Gasteiger partial charge in [0.2, 0.25) is 10.0 Å². The largest absolute Gasteiger partial charge is 0.468 e. The average molecular weight is 406 g/mol. The molecule has 0 aromatic heterocycles. The molecule has 2 aromatic carbocycles. The first kappa shape index (κ1) is 21.5. The number of hydrogen-bond donors (Lipinski definition) is 0. The molecule has 28 heavy (non-hydrogen) atoms. The molecule has 2 aromatic rings. The minimum absolute atomic E-state index is 0.0212. The number of nitro benzene ring substituents is 1. The van der Waals surface area contributed by atoms with Crippen LogP contribution >= 0.6 is 0 Å². The molecule has 0 heterocycles. The maximum atomic E-state index is 12.9. The highest BCUT2D eigenvalue weighted by Crippen LogP contribution is 2.26. The molecular formula is C19H22N2O6S. The van der Waals surface area contributed by atoms with E-state index in [0.717, 1.165) is 9.87 Å². The van der Waals surface area contributed by atoms with E-state index < -0.39 is 27.0 Å². The third-order valence-electron chi connectivity index (χ3n) is 4.41. The van der Waals surface area contributed by atoms with Crippen LogP contribution in [0, 0.1) is 16.0 Å². The molecular weight excluding hydrogens is 384 g/mol. The van der Waals surface area contributed by atoms with E-state index in [0.29, 0.717) is 5.56 Å². The van der Waals surface area contributed by atoms with E-state index in [-0.39, 0.29) is 16.5 Å². The minimum atomic E-state index is -3.91. The number of methoxy groups -OCH3 is 1. The van der Waals surface area contributed by atoms with Crippen molar-refractivity contribution in [1.82, 2.24) is 4.31 Å². The molecule has 0 radical (unpaired) electrons. The van der Waals surface area contributed by atoms with Gasteiger partial charge in [-0.1, -0.05) is 26.0 Å². The van der Waals surface area contributed by atoms with Gasteiger partial charge in [0.15, 0.2) is 0 Å². The maximum absolute atomic E-state index is 12.9. The van der Waals surface area contributed by atoms with E-state index in [4.69, 9.17) is 4.74 Å². The fourth-order valence-electron chi connectivity index (χ4n) is 2.87. The lowest BCUT2D eigenvalue weighted by Crippen LogP contribution is -2.46. The number of likely N-dealkylation sites (N-methyl/N-ethyl adjacent to an activating group) is 1. The normalized spacial score (nSPS) is 12.8. The zero-order valence-electron chi connectivity index (χ0n) is 16.0. The van der Waals surface area contributed by atoms with Gasteiger partial charge in [0.05, 0.1) is 16.9 Å². The van der Waals surface area contributed by atoms with Crippen molar-refractivity contribution >= 4 is 21.7 Å². The second-order valence-corrected chi connectivity index (χ2v) is 8.56. The zero-order chi connectivity index (χ0) is 21.1. The second kappa shape index (κ2) is 8.49. The Morgan fingerprint density at radius 3 is 1.89 bits per heavy atom. The lowest BCUT2D eigenvalue weighted by Gasteiger charge is -2.28. The molecule has 0 N–H and O–H groups in total. The topological polar surface area (TPSA) is 107 Å². The van der Waals surface area contributed by atoms with Crippen LogP contribution in [0.25, 0.3) is 11.1 Å². The van der Waals surface area contributed by atoms with Gasteiger partial charge >= 0.3 is 5.97 Å². The van der Waals surface area contributed by atoms with Crippen molar-refractivity contribution in [2.45, 2.75) is 24.8 Å². The summed E-state index contributed by atoms with van der Waals surface area (Å²) < 4.78 is 31.6. The van der Waals surface area contributed by atoms with E-state index in [2.05, 4.69) is 0 Å². The number of benzene rings is 2. The molecule has 0 amide bonds. The summed E-state index contributed by atoms with van der Waals surface area (Å²) in [6, 6.07) is 11.1. The van der Waals surface area contributed by atoms with Crippen LogP contribution in [-0.4, -0.2) is 43.8 Å². The van der Waals surface area contributed by atoms with Crippen LogP contribution in [0.4, 0.5) is 5.69 Å². The molecule has 150 valence electrons. The van der Waals surface area contributed by atoms with Crippen LogP contribution in [0.15, 0.2) is 53.4 Å². The fraction of sp³-hybridized carbons (Fsp3) is 0.316. The summed E-state index contributed by atoms with van der Waals surface area (Å²) in [6.07, 6.45) is 0. The predicted octanol–water partition coefficient (Wildman–Crippen LogP) is 3.08. The molecule has 2 rings (SSSR count). The number of esters is 1. The van der Waals surface area contributed by atoms with Crippen LogP contribution in [0.5, 0.6) is 0 Å². The molecule has 0 fully saturated rings. The van der Waals surface area contributed by atoms with Gasteiger partial charge in [0.25, 0.3) is 5.69 Å². The van der Waals surface area contributed by atoms with Gasteiger partial charge in [-0.3, -0.25) is 14.9 Å². The van der Waals surface area contributed by atoms with Crippen LogP contribution in [-0.2, 0) is 19.6 Å². The van der Waals surface area contributed by atoms with Gasteiger partial charge in [-0.2, -0.15) is 4.31 Å². The van der Waals surface area contributed by atoms with Gasteiger partial charge in [0, 0.05) is 19.2 Å². The van der Waals surface area contributed by atoms with Crippen LogP contribution in [0.1, 0.15) is 13.8 Å². The van der Waals surface area contributed by atoms with E-state index in [1.54, 1.807) is 38.1 Å². The Balaban J connectivity index is 2.32. The maximum Gasteiger partial charge on any atom is 0.324 e.